The predicted octanol–water partition coefficient (Wildman–Crippen LogP) is 3.08. The molecule has 1 N–H and O–H groups in total. The SMILES string of the molecule is C=CCNC(=O)c1cc(-c2cccc([N+](=O)[O-])c2)oc1C. The summed E-state index contributed by atoms with van der Waals surface area (Å²) in [6.45, 7) is 5.55. The van der Waals surface area contributed by atoms with Crippen molar-refractivity contribution in [2.75, 3.05) is 6.54 Å². The Balaban J connectivity index is 2.34. The van der Waals surface area contributed by atoms with Gasteiger partial charge in [0.25, 0.3) is 11.6 Å². The van der Waals surface area contributed by atoms with Crippen LogP contribution in [0.25, 0.3) is 11.3 Å². The molecule has 0 radical (unpaired) electrons. The fraction of sp³-hybridized carbons (Fsp3) is 0.133. The number of nitro groups is 1. The highest BCUT2D eigenvalue weighted by Gasteiger charge is 2.16. The van der Waals surface area contributed by atoms with E-state index in [4.69, 9.17) is 4.42 Å². The second-order valence-electron chi connectivity index (χ2n) is 4.39. The molecule has 0 aliphatic heterocycles. The third-order valence-electron chi connectivity index (χ3n) is 2.91. The summed E-state index contributed by atoms with van der Waals surface area (Å²) in [5.41, 5.74) is 0.924. The van der Waals surface area contributed by atoms with Gasteiger partial charge in [-0.25, -0.2) is 0 Å². The number of nitro benzene ring substituents is 1. The maximum atomic E-state index is 11.9. The van der Waals surface area contributed by atoms with Gasteiger partial charge in [-0.1, -0.05) is 18.2 Å². The number of aryl methyl sites for hydroxylation is 1. The van der Waals surface area contributed by atoms with E-state index in [2.05, 4.69) is 11.9 Å². The normalized spacial score (nSPS) is 10.1. The van der Waals surface area contributed by atoms with E-state index >= 15 is 0 Å². The highest BCUT2D eigenvalue weighted by molar-refractivity contribution is 5.96. The van der Waals surface area contributed by atoms with Crippen molar-refractivity contribution in [3.05, 3.63) is 64.4 Å². The molecule has 0 saturated heterocycles. The molecule has 0 aliphatic carbocycles. The zero-order chi connectivity index (χ0) is 15.4. The summed E-state index contributed by atoms with van der Waals surface area (Å²) in [6.07, 6.45) is 1.58. The molecule has 0 unspecified atom stereocenters. The van der Waals surface area contributed by atoms with Crippen LogP contribution < -0.4 is 5.32 Å². The lowest BCUT2D eigenvalue weighted by molar-refractivity contribution is -0.384. The van der Waals surface area contributed by atoms with Gasteiger partial charge in [-0.15, -0.1) is 6.58 Å². The average molecular weight is 286 g/mol. The van der Waals surface area contributed by atoms with Crippen LogP contribution in [0.2, 0.25) is 0 Å². The summed E-state index contributed by atoms with van der Waals surface area (Å²) in [7, 11) is 0. The molecule has 0 aliphatic rings. The summed E-state index contributed by atoms with van der Waals surface area (Å²) in [5, 5.41) is 13.4. The van der Waals surface area contributed by atoms with Crippen molar-refractivity contribution in [3.63, 3.8) is 0 Å². The first-order valence-electron chi connectivity index (χ1n) is 6.27. The molecule has 6 heteroatoms. The number of amides is 1. The van der Waals surface area contributed by atoms with E-state index in [-0.39, 0.29) is 11.6 Å². The highest BCUT2D eigenvalue weighted by atomic mass is 16.6. The first kappa shape index (κ1) is 14.5. The quantitative estimate of drug-likeness (QED) is 0.520. The molecule has 6 nitrogen and oxygen atoms in total. The van der Waals surface area contributed by atoms with Crippen LogP contribution in [0, 0.1) is 17.0 Å². The second kappa shape index (κ2) is 6.04. The average Bonchev–Trinajstić information content (AvgIpc) is 2.87. The minimum Gasteiger partial charge on any atom is -0.461 e. The molecule has 1 aromatic heterocycles. The Bertz CT molecular complexity index is 703. The van der Waals surface area contributed by atoms with Gasteiger partial charge in [0.15, 0.2) is 0 Å². The highest BCUT2D eigenvalue weighted by Crippen LogP contribution is 2.28. The Labute approximate surface area is 121 Å². The Morgan fingerprint density at radius 3 is 2.90 bits per heavy atom. The molecule has 0 saturated carbocycles. The fourth-order valence-corrected chi connectivity index (χ4v) is 1.88. The standard InChI is InChI=1S/C15H14N2O4/c1-3-7-16-15(18)13-9-14(21-10(13)2)11-5-4-6-12(8-11)17(19)20/h3-6,8-9H,1,7H2,2H3,(H,16,18). The van der Waals surface area contributed by atoms with Crippen LogP contribution in [0.1, 0.15) is 16.1 Å². The molecule has 2 rings (SSSR count). The molecular formula is C15H14N2O4. The molecule has 0 bridgehead atoms. The molecule has 108 valence electrons. The summed E-state index contributed by atoms with van der Waals surface area (Å²) in [6, 6.07) is 7.65. The van der Waals surface area contributed by atoms with Crippen molar-refractivity contribution in [1.82, 2.24) is 5.32 Å². The number of nitrogens with zero attached hydrogens (tertiary/aromatic N) is 1. The summed E-state index contributed by atoms with van der Waals surface area (Å²) >= 11 is 0. The predicted molar refractivity (Wildman–Crippen MR) is 78.1 cm³/mol. The minimum absolute atomic E-state index is 0.0285. The van der Waals surface area contributed by atoms with Crippen molar-refractivity contribution in [3.8, 4) is 11.3 Å². The van der Waals surface area contributed by atoms with Gasteiger partial charge in [-0.2, -0.15) is 0 Å². The Kier molecular flexibility index (Phi) is 4.18. The Morgan fingerprint density at radius 1 is 1.48 bits per heavy atom. The summed E-state index contributed by atoms with van der Waals surface area (Å²) in [5.74, 6) is 0.603. The monoisotopic (exact) mass is 286 g/mol. The Morgan fingerprint density at radius 2 is 2.24 bits per heavy atom. The molecule has 0 atom stereocenters. The van der Waals surface area contributed by atoms with E-state index in [9.17, 15) is 14.9 Å². The van der Waals surface area contributed by atoms with E-state index < -0.39 is 4.92 Å². The van der Waals surface area contributed by atoms with E-state index in [0.29, 0.717) is 29.2 Å². The summed E-state index contributed by atoms with van der Waals surface area (Å²) in [4.78, 5) is 22.2. The van der Waals surface area contributed by atoms with E-state index in [1.54, 1.807) is 31.2 Å². The maximum Gasteiger partial charge on any atom is 0.270 e. The number of hydrogen-bond donors (Lipinski definition) is 1. The molecule has 1 heterocycles. The lowest BCUT2D eigenvalue weighted by atomic mass is 10.1. The van der Waals surface area contributed by atoms with Gasteiger partial charge in [0.2, 0.25) is 0 Å². The van der Waals surface area contributed by atoms with Crippen LogP contribution >= 0.6 is 0 Å². The van der Waals surface area contributed by atoms with Crippen LogP contribution in [0.15, 0.2) is 47.4 Å². The van der Waals surface area contributed by atoms with Crippen LogP contribution in [0.5, 0.6) is 0 Å². The van der Waals surface area contributed by atoms with Gasteiger partial charge in [0, 0.05) is 24.2 Å². The van der Waals surface area contributed by atoms with Crippen LogP contribution in [-0.2, 0) is 0 Å². The number of nitrogens with one attached hydrogen (secondary N) is 1. The molecule has 21 heavy (non-hydrogen) atoms. The van der Waals surface area contributed by atoms with Crippen molar-refractivity contribution >= 4 is 11.6 Å². The van der Waals surface area contributed by atoms with Gasteiger partial charge in [-0.3, -0.25) is 14.9 Å². The molecular weight excluding hydrogens is 272 g/mol. The lowest BCUT2D eigenvalue weighted by Crippen LogP contribution is -2.23. The summed E-state index contributed by atoms with van der Waals surface area (Å²) < 4.78 is 5.53. The van der Waals surface area contributed by atoms with Gasteiger partial charge in [0.05, 0.1) is 10.5 Å². The smallest absolute Gasteiger partial charge is 0.270 e. The molecule has 0 fully saturated rings. The first-order chi connectivity index (χ1) is 10.0. The molecule has 1 aromatic carbocycles. The van der Waals surface area contributed by atoms with Crippen LogP contribution in [0.3, 0.4) is 0 Å². The number of rotatable bonds is 5. The van der Waals surface area contributed by atoms with Crippen LogP contribution in [-0.4, -0.2) is 17.4 Å². The lowest BCUT2D eigenvalue weighted by Gasteiger charge is -1.98. The van der Waals surface area contributed by atoms with Crippen molar-refractivity contribution in [2.45, 2.75) is 6.92 Å². The maximum absolute atomic E-state index is 11.9. The number of carbonyl (C=O) groups is 1. The molecule has 1 amide bonds. The third kappa shape index (κ3) is 3.17. The zero-order valence-electron chi connectivity index (χ0n) is 11.5. The number of hydrogen-bond acceptors (Lipinski definition) is 4. The Hall–Kier alpha value is -2.89. The van der Waals surface area contributed by atoms with Crippen LogP contribution in [0.4, 0.5) is 5.69 Å². The van der Waals surface area contributed by atoms with Crippen molar-refractivity contribution < 1.29 is 14.1 Å². The molecule has 0 spiro atoms. The van der Waals surface area contributed by atoms with Gasteiger partial charge < -0.3 is 9.73 Å². The molecule has 2 aromatic rings. The van der Waals surface area contributed by atoms with Gasteiger partial charge in [0.1, 0.15) is 11.5 Å². The first-order valence-corrected chi connectivity index (χ1v) is 6.27. The number of non-ortho nitro benzene ring substituents is 1. The number of benzene rings is 1. The van der Waals surface area contributed by atoms with Crippen molar-refractivity contribution in [1.29, 1.82) is 0 Å². The van der Waals surface area contributed by atoms with Gasteiger partial charge >= 0.3 is 0 Å². The third-order valence-corrected chi connectivity index (χ3v) is 2.91. The number of furan rings is 1. The second-order valence-corrected chi connectivity index (χ2v) is 4.39. The van der Waals surface area contributed by atoms with E-state index in [1.165, 1.54) is 12.1 Å². The van der Waals surface area contributed by atoms with Gasteiger partial charge in [-0.05, 0) is 13.0 Å². The topological polar surface area (TPSA) is 85.4 Å². The minimum atomic E-state index is -0.475. The van der Waals surface area contributed by atoms with E-state index in [1.807, 2.05) is 0 Å². The van der Waals surface area contributed by atoms with E-state index in [0.717, 1.165) is 0 Å². The number of carbonyl (C=O) groups excluding carboxylic acids is 1. The van der Waals surface area contributed by atoms with Crippen molar-refractivity contribution in [2.24, 2.45) is 0 Å². The zero-order valence-corrected chi connectivity index (χ0v) is 11.5. The fourth-order valence-electron chi connectivity index (χ4n) is 1.88. The largest absolute Gasteiger partial charge is 0.461 e.